The van der Waals surface area contributed by atoms with E-state index in [-0.39, 0.29) is 55.6 Å². The molecule has 12 nitrogen and oxygen atoms in total. The molecule has 2 fully saturated rings. The van der Waals surface area contributed by atoms with Crippen LogP contribution in [0.5, 0.6) is 0 Å². The molecule has 0 radical (unpaired) electrons. The summed E-state index contributed by atoms with van der Waals surface area (Å²) in [5, 5.41) is 18.1. The molecular weight excluding hydrogens is 538 g/mol. The van der Waals surface area contributed by atoms with Gasteiger partial charge in [0.1, 0.15) is 0 Å². The van der Waals surface area contributed by atoms with Gasteiger partial charge in [0, 0.05) is 31.2 Å². The summed E-state index contributed by atoms with van der Waals surface area (Å²) < 4.78 is 25.1. The van der Waals surface area contributed by atoms with Gasteiger partial charge in [0.15, 0.2) is 0 Å². The highest BCUT2D eigenvalue weighted by Gasteiger charge is 2.29. The van der Waals surface area contributed by atoms with Gasteiger partial charge in [-0.25, -0.2) is 13.2 Å². The molecule has 2 aliphatic rings. The number of nitrogens with one attached hydrogen (secondary N) is 3. The van der Waals surface area contributed by atoms with Crippen molar-refractivity contribution in [1.29, 1.82) is 0 Å². The van der Waals surface area contributed by atoms with Crippen LogP contribution in [0.1, 0.15) is 85.0 Å². The molecule has 4 N–H and O–H groups in total. The molecule has 0 aromatic carbocycles. The SMILES string of the molecule is CC(C)CCN(CC(=O)NC1CCC(NC(=O)NC2CCCCC2C)CC1)C(=O)CN(CCC(=O)O)S(C)(=O)=O. The maximum absolute atomic E-state index is 13.0. The Bertz CT molecular complexity index is 966. The average molecular weight is 588 g/mol. The molecule has 4 amide bonds. The summed E-state index contributed by atoms with van der Waals surface area (Å²) in [5.41, 5.74) is 0. The minimum Gasteiger partial charge on any atom is -0.481 e. The van der Waals surface area contributed by atoms with Gasteiger partial charge in [-0.1, -0.05) is 33.6 Å². The van der Waals surface area contributed by atoms with Gasteiger partial charge >= 0.3 is 12.0 Å². The van der Waals surface area contributed by atoms with E-state index < -0.39 is 34.9 Å². The molecule has 2 rings (SSSR count). The molecule has 0 heterocycles. The quantitative estimate of drug-likeness (QED) is 0.241. The molecule has 2 aliphatic carbocycles. The number of hydrogen-bond acceptors (Lipinski definition) is 6. The van der Waals surface area contributed by atoms with E-state index in [1.54, 1.807) is 0 Å². The smallest absolute Gasteiger partial charge is 0.315 e. The van der Waals surface area contributed by atoms with Crippen LogP contribution < -0.4 is 16.0 Å². The largest absolute Gasteiger partial charge is 0.481 e. The normalized spacial score (nSPS) is 23.4. The summed E-state index contributed by atoms with van der Waals surface area (Å²) in [7, 11) is -3.81. The van der Waals surface area contributed by atoms with E-state index in [0.29, 0.717) is 25.2 Å². The zero-order valence-corrected chi connectivity index (χ0v) is 25.3. The van der Waals surface area contributed by atoms with E-state index in [1.165, 1.54) is 11.3 Å². The predicted molar refractivity (Wildman–Crippen MR) is 152 cm³/mol. The summed E-state index contributed by atoms with van der Waals surface area (Å²) >= 11 is 0. The van der Waals surface area contributed by atoms with Crippen LogP contribution in [0.4, 0.5) is 4.79 Å². The molecule has 2 atom stereocenters. The molecule has 2 unspecified atom stereocenters. The Balaban J connectivity index is 1.85. The van der Waals surface area contributed by atoms with E-state index in [4.69, 9.17) is 5.11 Å². The van der Waals surface area contributed by atoms with Crippen molar-refractivity contribution in [2.75, 3.05) is 32.4 Å². The van der Waals surface area contributed by atoms with E-state index in [1.807, 2.05) is 13.8 Å². The minimum atomic E-state index is -3.81. The third kappa shape index (κ3) is 12.4. The minimum absolute atomic E-state index is 0.0453. The molecule has 40 heavy (non-hydrogen) atoms. The number of amides is 4. The molecule has 0 spiro atoms. The van der Waals surface area contributed by atoms with Gasteiger partial charge in [0.2, 0.25) is 21.8 Å². The van der Waals surface area contributed by atoms with Gasteiger partial charge in [0.25, 0.3) is 0 Å². The number of nitrogens with zero attached hydrogens (tertiary/aromatic N) is 2. The predicted octanol–water partition coefficient (Wildman–Crippen LogP) is 1.90. The third-order valence-corrected chi connectivity index (χ3v) is 9.12. The fraction of sp³-hybridized carbons (Fsp3) is 0.852. The number of sulfonamides is 1. The zero-order chi connectivity index (χ0) is 29.9. The second-order valence-corrected chi connectivity index (χ2v) is 13.8. The first-order chi connectivity index (χ1) is 18.7. The molecule has 0 aromatic heterocycles. The van der Waals surface area contributed by atoms with Crippen molar-refractivity contribution in [2.45, 2.75) is 103 Å². The second kappa shape index (κ2) is 16.1. The summed E-state index contributed by atoms with van der Waals surface area (Å²) in [4.78, 5) is 50.7. The van der Waals surface area contributed by atoms with Crippen LogP contribution in [0.2, 0.25) is 0 Å². The van der Waals surface area contributed by atoms with Crippen molar-refractivity contribution in [1.82, 2.24) is 25.2 Å². The highest BCUT2D eigenvalue weighted by molar-refractivity contribution is 7.88. The Morgan fingerprint density at radius 1 is 0.875 bits per heavy atom. The lowest BCUT2D eigenvalue weighted by molar-refractivity contribution is -0.138. The molecule has 0 saturated heterocycles. The van der Waals surface area contributed by atoms with E-state index in [9.17, 15) is 27.6 Å². The molecule has 2 saturated carbocycles. The Morgan fingerprint density at radius 2 is 1.48 bits per heavy atom. The molecular formula is C27H49N5O7S. The number of aliphatic carboxylic acids is 1. The lowest BCUT2D eigenvalue weighted by Gasteiger charge is -2.33. The van der Waals surface area contributed by atoms with Gasteiger partial charge in [-0.3, -0.25) is 14.4 Å². The second-order valence-electron chi connectivity index (χ2n) is 11.8. The number of hydrogen-bond donors (Lipinski definition) is 4. The summed E-state index contributed by atoms with van der Waals surface area (Å²) in [6.07, 6.45) is 8.52. The molecule has 0 aromatic rings. The van der Waals surface area contributed by atoms with Gasteiger partial charge < -0.3 is 26.0 Å². The monoisotopic (exact) mass is 587 g/mol. The fourth-order valence-electron chi connectivity index (χ4n) is 5.29. The van der Waals surface area contributed by atoms with Crippen LogP contribution in [-0.4, -0.2) is 97.1 Å². The number of carbonyl (C=O) groups is 4. The van der Waals surface area contributed by atoms with Crippen molar-refractivity contribution in [3.8, 4) is 0 Å². The van der Waals surface area contributed by atoms with Gasteiger partial charge in [-0.05, 0) is 56.8 Å². The number of urea groups is 1. The first-order valence-corrected chi connectivity index (χ1v) is 16.4. The van der Waals surface area contributed by atoms with Crippen LogP contribution in [0.15, 0.2) is 0 Å². The maximum atomic E-state index is 13.0. The molecule has 0 aliphatic heterocycles. The molecule has 0 bridgehead atoms. The average Bonchev–Trinajstić information content (AvgIpc) is 2.85. The number of carboxylic acids is 1. The van der Waals surface area contributed by atoms with Crippen LogP contribution in [0, 0.1) is 11.8 Å². The summed E-state index contributed by atoms with van der Waals surface area (Å²) in [6, 6.07) is 0.0607. The Hall–Kier alpha value is -2.41. The number of rotatable bonds is 14. The zero-order valence-electron chi connectivity index (χ0n) is 24.5. The number of carboxylic acid groups (broad SMARTS) is 1. The Kier molecular flexibility index (Phi) is 13.6. The van der Waals surface area contributed by atoms with Crippen molar-refractivity contribution >= 4 is 33.8 Å². The lowest BCUT2D eigenvalue weighted by Crippen LogP contribution is -2.52. The van der Waals surface area contributed by atoms with E-state index in [0.717, 1.165) is 42.7 Å². The fourth-order valence-corrected chi connectivity index (χ4v) is 6.06. The summed E-state index contributed by atoms with van der Waals surface area (Å²) in [5.74, 6) is -1.29. The first-order valence-electron chi connectivity index (χ1n) is 14.6. The van der Waals surface area contributed by atoms with E-state index >= 15 is 0 Å². The molecule has 13 heteroatoms. The standard InChI is InChI=1S/C27H49N5O7S/c1-19(2)13-15-31(25(34)18-32(40(4,38)39)16-14-26(35)36)17-24(33)28-21-9-11-22(12-10-21)29-27(37)30-23-8-6-5-7-20(23)3/h19-23H,5-18H2,1-4H3,(H,28,33)(H,35,36)(H2,29,30,37). The van der Waals surface area contributed by atoms with Gasteiger partial charge in [-0.2, -0.15) is 4.31 Å². The Morgan fingerprint density at radius 3 is 2.02 bits per heavy atom. The topological polar surface area (TPSA) is 165 Å². The van der Waals surface area contributed by atoms with Crippen molar-refractivity contribution in [3.05, 3.63) is 0 Å². The maximum Gasteiger partial charge on any atom is 0.315 e. The van der Waals surface area contributed by atoms with Gasteiger partial charge in [0.05, 0.1) is 25.8 Å². The van der Waals surface area contributed by atoms with E-state index in [2.05, 4.69) is 22.9 Å². The van der Waals surface area contributed by atoms with Crippen LogP contribution in [0.3, 0.4) is 0 Å². The third-order valence-electron chi connectivity index (χ3n) is 7.87. The van der Waals surface area contributed by atoms with Crippen LogP contribution in [0.25, 0.3) is 0 Å². The Labute approximate surface area is 239 Å². The van der Waals surface area contributed by atoms with Crippen molar-refractivity contribution in [3.63, 3.8) is 0 Å². The van der Waals surface area contributed by atoms with Crippen LogP contribution in [-0.2, 0) is 24.4 Å². The lowest BCUT2D eigenvalue weighted by atomic mass is 9.86. The number of carbonyl (C=O) groups excluding carboxylic acids is 3. The highest BCUT2D eigenvalue weighted by Crippen LogP contribution is 2.24. The molecule has 230 valence electrons. The van der Waals surface area contributed by atoms with Gasteiger partial charge in [-0.15, -0.1) is 0 Å². The van der Waals surface area contributed by atoms with Crippen molar-refractivity contribution in [2.24, 2.45) is 11.8 Å². The summed E-state index contributed by atoms with van der Waals surface area (Å²) in [6.45, 7) is 5.39. The highest BCUT2D eigenvalue weighted by atomic mass is 32.2. The first kappa shape index (κ1) is 33.8. The van der Waals surface area contributed by atoms with Crippen LogP contribution >= 0.6 is 0 Å². The van der Waals surface area contributed by atoms with Crippen molar-refractivity contribution < 1.29 is 32.7 Å².